The highest BCUT2D eigenvalue weighted by atomic mass is 127. The highest BCUT2D eigenvalue weighted by Crippen LogP contribution is 2.36. The zero-order valence-corrected chi connectivity index (χ0v) is 40.2. The lowest BCUT2D eigenvalue weighted by atomic mass is 9.85. The van der Waals surface area contributed by atoms with Crippen molar-refractivity contribution < 1.29 is 28.4 Å². The topological polar surface area (TPSA) is 168 Å². The number of benzene rings is 2. The average molecular weight is 1080 g/mol. The quantitative estimate of drug-likeness (QED) is 0.0908. The van der Waals surface area contributed by atoms with Crippen LogP contribution in [0.1, 0.15) is 48.7 Å². The second-order valence-electron chi connectivity index (χ2n) is 15.0. The molecule has 9 rings (SSSR count). The van der Waals surface area contributed by atoms with E-state index in [9.17, 15) is 9.59 Å². The van der Waals surface area contributed by atoms with E-state index in [2.05, 4.69) is 84.8 Å². The van der Waals surface area contributed by atoms with Gasteiger partial charge in [-0.25, -0.2) is 28.9 Å². The van der Waals surface area contributed by atoms with E-state index >= 15 is 0 Å². The number of fused-ring (bicyclic) bond motifs is 2. The van der Waals surface area contributed by atoms with E-state index in [1.807, 2.05) is 127 Å². The minimum atomic E-state index is -0.510. The van der Waals surface area contributed by atoms with Crippen molar-refractivity contribution in [3.05, 3.63) is 121 Å². The lowest BCUT2D eigenvalue weighted by Crippen LogP contribution is -2.41. The maximum atomic E-state index is 12.2. The molecule has 0 radical (unpaired) electrons. The Kier molecular flexibility index (Phi) is 13.1. The zero-order valence-electron chi connectivity index (χ0n) is 34.9. The van der Waals surface area contributed by atoms with Crippen molar-refractivity contribution in [2.75, 3.05) is 14.2 Å². The summed E-state index contributed by atoms with van der Waals surface area (Å²) >= 11 is 9.03. The molecule has 0 N–H and O–H groups in total. The molecule has 2 aromatic carbocycles. The normalized spacial score (nSPS) is 14.0. The van der Waals surface area contributed by atoms with E-state index in [4.69, 9.17) is 18.8 Å². The predicted molar refractivity (Wildman–Crippen MR) is 250 cm³/mol. The van der Waals surface area contributed by atoms with Gasteiger partial charge < -0.3 is 18.8 Å². The molecule has 0 bridgehead atoms. The number of hydrogen-bond acceptors (Lipinski definition) is 12. The number of nitrogens with zero attached hydrogens (tertiary/aromatic N) is 10. The van der Waals surface area contributed by atoms with E-state index < -0.39 is 11.9 Å². The van der Waals surface area contributed by atoms with Crippen molar-refractivity contribution in [2.24, 2.45) is 14.1 Å². The van der Waals surface area contributed by atoms with Gasteiger partial charge in [0.2, 0.25) is 0 Å². The number of carbonyl (C=O) groups excluding carboxylic acids is 2. The van der Waals surface area contributed by atoms with Crippen LogP contribution in [0.2, 0.25) is 0 Å². The number of hydrogen-bond donors (Lipinski definition) is 0. The average Bonchev–Trinajstić information content (AvgIpc) is 4.07. The molecule has 0 amide bonds. The minimum Gasteiger partial charge on any atom is -0.464 e. The number of pyridine rings is 2. The first kappa shape index (κ1) is 44.8. The zero-order chi connectivity index (χ0) is 44.5. The summed E-state index contributed by atoms with van der Waals surface area (Å²) in [5.41, 5.74) is 5.09. The molecule has 8 aromatic rings. The number of aromatic nitrogens is 10. The van der Waals surface area contributed by atoms with Crippen molar-refractivity contribution in [1.29, 1.82) is 0 Å². The first-order valence-corrected chi connectivity index (χ1v) is 21.6. The fraction of sp³-hybridized carbons (Fsp3) is 0.238. The fourth-order valence-corrected chi connectivity index (χ4v) is 7.51. The van der Waals surface area contributed by atoms with Gasteiger partial charge in [-0.05, 0) is 111 Å². The first-order valence-electron chi connectivity index (χ1n) is 19.0. The molecule has 7 heterocycles. The molecule has 62 heavy (non-hydrogen) atoms. The Labute approximate surface area is 387 Å². The Morgan fingerprint density at radius 3 is 1.65 bits per heavy atom. The molecule has 0 spiro atoms. The van der Waals surface area contributed by atoms with Gasteiger partial charge in [-0.1, -0.05) is 44.0 Å². The van der Waals surface area contributed by atoms with E-state index in [1.165, 1.54) is 14.2 Å². The smallest absolute Gasteiger partial charge is 0.464 e. The van der Waals surface area contributed by atoms with Crippen molar-refractivity contribution in [2.45, 2.75) is 38.9 Å². The Balaban J connectivity index is 0.000000145. The molecule has 20 heteroatoms. The van der Waals surface area contributed by atoms with Gasteiger partial charge in [-0.15, -0.1) is 0 Å². The SMILES string of the molecule is COC(=O)c1nn(-c2cccc(Br)c2)c2ncc(-c3ccn(C)n3)cc12.COC(=O)c1nn(-c2cccc(Br)c2)c2ncc(I)cc12.Cn1ccc(B2OC(C)(C)C(C)(C)O2)n1. The van der Waals surface area contributed by atoms with Crippen LogP contribution in [-0.2, 0) is 32.9 Å². The number of esters is 2. The summed E-state index contributed by atoms with van der Waals surface area (Å²) in [7, 11) is 6.06. The Morgan fingerprint density at radius 1 is 0.677 bits per heavy atom. The van der Waals surface area contributed by atoms with Crippen molar-refractivity contribution >= 4 is 101 Å². The number of methoxy groups -OCH3 is 2. The maximum Gasteiger partial charge on any atom is 0.516 e. The van der Waals surface area contributed by atoms with Crippen molar-refractivity contribution in [1.82, 2.24) is 49.1 Å². The van der Waals surface area contributed by atoms with Gasteiger partial charge in [0.15, 0.2) is 22.7 Å². The summed E-state index contributed by atoms with van der Waals surface area (Å²) in [4.78, 5) is 33.1. The maximum absolute atomic E-state index is 12.2. The van der Waals surface area contributed by atoms with Crippen molar-refractivity contribution in [3.63, 3.8) is 0 Å². The second kappa shape index (κ2) is 18.2. The van der Waals surface area contributed by atoms with Crippen molar-refractivity contribution in [3.8, 4) is 22.6 Å². The summed E-state index contributed by atoms with van der Waals surface area (Å²) < 4.78 is 30.9. The number of rotatable bonds is 6. The van der Waals surface area contributed by atoms with Crippen LogP contribution < -0.4 is 5.59 Å². The largest absolute Gasteiger partial charge is 0.516 e. The summed E-state index contributed by atoms with van der Waals surface area (Å²) in [5, 5.41) is 18.8. The fourth-order valence-electron chi connectivity index (χ4n) is 6.28. The summed E-state index contributed by atoms with van der Waals surface area (Å²) in [6.07, 6.45) is 7.20. The summed E-state index contributed by atoms with van der Waals surface area (Å²) in [6.45, 7) is 8.15. The number of carbonyl (C=O) groups is 2. The number of aryl methyl sites for hydroxylation is 2. The van der Waals surface area contributed by atoms with Crippen LogP contribution in [0.3, 0.4) is 0 Å². The molecule has 318 valence electrons. The number of halogens is 3. The molecule has 6 aromatic heterocycles. The van der Waals surface area contributed by atoms with Gasteiger partial charge in [0, 0.05) is 57.0 Å². The molecule has 1 aliphatic heterocycles. The van der Waals surface area contributed by atoms with Gasteiger partial charge in [0.1, 0.15) is 0 Å². The molecule has 1 fully saturated rings. The van der Waals surface area contributed by atoms with Crippen LogP contribution in [0.4, 0.5) is 0 Å². The van der Waals surface area contributed by atoms with E-state index in [1.54, 1.807) is 31.1 Å². The Bertz CT molecular complexity index is 2930. The highest BCUT2D eigenvalue weighted by Gasteiger charge is 2.52. The third kappa shape index (κ3) is 9.38. The van der Waals surface area contributed by atoms with Gasteiger partial charge >= 0.3 is 19.1 Å². The molecule has 0 atom stereocenters. The van der Waals surface area contributed by atoms with Crippen LogP contribution in [-0.4, -0.2) is 93.6 Å². The van der Waals surface area contributed by atoms with Gasteiger partial charge in [-0.2, -0.15) is 20.4 Å². The molecule has 0 saturated carbocycles. The molecule has 1 aliphatic rings. The molecule has 0 unspecified atom stereocenters. The molecule has 0 aliphatic carbocycles. The van der Waals surface area contributed by atoms with Gasteiger partial charge in [0.25, 0.3) is 0 Å². The summed E-state index contributed by atoms with van der Waals surface area (Å²) in [6, 6.07) is 22.8. The lowest BCUT2D eigenvalue weighted by Gasteiger charge is -2.32. The van der Waals surface area contributed by atoms with Gasteiger partial charge in [-0.3, -0.25) is 9.36 Å². The van der Waals surface area contributed by atoms with Crippen LogP contribution in [0.15, 0.2) is 107 Å². The minimum absolute atomic E-state index is 0.216. The number of ether oxygens (including phenoxy) is 2. The Morgan fingerprint density at radius 2 is 1.18 bits per heavy atom. The predicted octanol–water partition coefficient (Wildman–Crippen LogP) is 7.66. The molecular formula is C42H40BBr2IN10O6. The standard InChI is InChI=1S/C18H14BrN5O2.C14H9BrIN3O2.C10H17BN2O2/c1-23-7-6-15(21-23)11-8-14-16(18(25)26-2)22-24(17(14)20-10-11)13-5-3-4-12(19)9-13;1-21-14(20)12-11-6-9(16)7-17-13(11)19(18-12)10-4-2-3-8(15)5-10;1-9(2)10(3,4)15-11(14-9)8-6-7-13(5)12-8/h3-10H,1-2H3;2-7H,1H3;6-7H,1-5H3. The van der Waals surface area contributed by atoms with E-state index in [-0.39, 0.29) is 29.7 Å². The van der Waals surface area contributed by atoms with Crippen LogP contribution >= 0.6 is 54.5 Å². The monoisotopic (exact) mass is 1080 g/mol. The van der Waals surface area contributed by atoms with E-state index in [0.29, 0.717) is 22.1 Å². The second-order valence-corrected chi connectivity index (χ2v) is 18.0. The van der Waals surface area contributed by atoms with E-state index in [0.717, 1.165) is 40.7 Å². The van der Waals surface area contributed by atoms with Crippen LogP contribution in [0.5, 0.6) is 0 Å². The van der Waals surface area contributed by atoms with Crippen LogP contribution in [0.25, 0.3) is 44.7 Å². The molecule has 1 saturated heterocycles. The third-order valence-corrected chi connectivity index (χ3v) is 11.7. The van der Waals surface area contributed by atoms with Crippen LogP contribution in [0, 0.1) is 3.57 Å². The molecule has 16 nitrogen and oxygen atoms in total. The third-order valence-electron chi connectivity index (χ3n) is 10.1. The molecular weight excluding hydrogens is 1040 g/mol. The highest BCUT2D eigenvalue weighted by molar-refractivity contribution is 14.1. The lowest BCUT2D eigenvalue weighted by molar-refractivity contribution is 0.00578. The van der Waals surface area contributed by atoms with Gasteiger partial charge in [0.05, 0.1) is 58.9 Å². The summed E-state index contributed by atoms with van der Waals surface area (Å²) in [5.74, 6) is -0.985. The first-order chi connectivity index (χ1) is 29.5. The Hall–Kier alpha value is -5.29.